The van der Waals surface area contributed by atoms with Crippen molar-refractivity contribution < 1.29 is 9.72 Å². The van der Waals surface area contributed by atoms with Gasteiger partial charge >= 0.3 is 0 Å². The number of rotatable bonds is 3. The molecule has 3 fully saturated rings. The summed E-state index contributed by atoms with van der Waals surface area (Å²) in [5.74, 6) is -0.317. The first-order valence-corrected chi connectivity index (χ1v) is 7.83. The van der Waals surface area contributed by atoms with E-state index in [4.69, 9.17) is 0 Å². The molecule has 20 heavy (non-hydrogen) atoms. The second-order valence-corrected chi connectivity index (χ2v) is 6.35. The topological polar surface area (TPSA) is 66.7 Å². The van der Waals surface area contributed by atoms with Crippen molar-refractivity contribution in [3.8, 4) is 0 Å². The minimum atomic E-state index is -0.611. The average molecular weight is 281 g/mol. The molecule has 0 aromatic carbocycles. The third-order valence-corrected chi connectivity index (χ3v) is 5.01. The van der Waals surface area contributed by atoms with Crippen LogP contribution in [0.15, 0.2) is 0 Å². The Labute approximate surface area is 119 Å². The van der Waals surface area contributed by atoms with Gasteiger partial charge in [0.05, 0.1) is 0 Å². The molecule has 0 bridgehead atoms. The molecule has 6 nitrogen and oxygen atoms in total. The molecule has 2 saturated heterocycles. The van der Waals surface area contributed by atoms with Gasteiger partial charge in [-0.3, -0.25) is 14.9 Å². The second-order valence-electron chi connectivity index (χ2n) is 6.35. The molecular weight excluding hydrogens is 258 g/mol. The van der Waals surface area contributed by atoms with Crippen LogP contribution in [0.5, 0.6) is 0 Å². The van der Waals surface area contributed by atoms with Gasteiger partial charge in [0.25, 0.3) is 0 Å². The highest BCUT2D eigenvalue weighted by Crippen LogP contribution is 2.35. The van der Waals surface area contributed by atoms with Gasteiger partial charge in [0.15, 0.2) is 0 Å². The Balaban J connectivity index is 1.52. The summed E-state index contributed by atoms with van der Waals surface area (Å²) in [5.41, 5.74) is 0. The monoisotopic (exact) mass is 281 g/mol. The Hall–Kier alpha value is -1.17. The molecule has 0 unspecified atom stereocenters. The number of carbonyl (C=O) groups excluding carboxylic acids is 1. The molecule has 2 aliphatic heterocycles. The normalized spacial score (nSPS) is 34.8. The maximum Gasteiger partial charge on any atom is 0.232 e. The summed E-state index contributed by atoms with van der Waals surface area (Å²) in [6.45, 7) is 3.96. The lowest BCUT2D eigenvalue weighted by Crippen LogP contribution is -2.36. The van der Waals surface area contributed by atoms with Gasteiger partial charge in [-0.25, -0.2) is 0 Å². The van der Waals surface area contributed by atoms with Crippen LogP contribution < -0.4 is 0 Å². The Morgan fingerprint density at radius 1 is 1.05 bits per heavy atom. The van der Waals surface area contributed by atoms with E-state index in [1.807, 2.05) is 4.90 Å². The van der Waals surface area contributed by atoms with Crippen LogP contribution in [-0.2, 0) is 4.79 Å². The molecule has 3 aliphatic rings. The molecule has 1 amide bonds. The second kappa shape index (κ2) is 5.68. The summed E-state index contributed by atoms with van der Waals surface area (Å²) >= 11 is 0. The van der Waals surface area contributed by atoms with Crippen LogP contribution in [-0.4, -0.2) is 58.9 Å². The van der Waals surface area contributed by atoms with Gasteiger partial charge in [0, 0.05) is 30.5 Å². The van der Waals surface area contributed by atoms with E-state index < -0.39 is 6.04 Å². The molecule has 1 aliphatic carbocycles. The fourth-order valence-corrected chi connectivity index (χ4v) is 3.69. The highest BCUT2D eigenvalue weighted by Gasteiger charge is 2.54. The van der Waals surface area contributed by atoms with E-state index in [1.54, 1.807) is 0 Å². The van der Waals surface area contributed by atoms with E-state index in [-0.39, 0.29) is 16.7 Å². The van der Waals surface area contributed by atoms with Crippen molar-refractivity contribution >= 4 is 5.91 Å². The molecule has 2 heterocycles. The molecule has 112 valence electrons. The minimum absolute atomic E-state index is 0.0220. The first-order valence-electron chi connectivity index (χ1n) is 7.83. The van der Waals surface area contributed by atoms with E-state index in [1.165, 1.54) is 25.9 Å². The van der Waals surface area contributed by atoms with Crippen LogP contribution in [0, 0.1) is 16.0 Å². The Kier molecular flexibility index (Phi) is 3.92. The van der Waals surface area contributed by atoms with Crippen LogP contribution in [0.2, 0.25) is 0 Å². The lowest BCUT2D eigenvalue weighted by Gasteiger charge is -2.26. The molecule has 0 aromatic rings. The lowest BCUT2D eigenvalue weighted by molar-refractivity contribution is -0.497. The van der Waals surface area contributed by atoms with E-state index in [2.05, 4.69) is 4.90 Å². The molecule has 1 saturated carbocycles. The van der Waals surface area contributed by atoms with Crippen molar-refractivity contribution in [2.45, 2.75) is 50.6 Å². The molecule has 0 aromatic heterocycles. The summed E-state index contributed by atoms with van der Waals surface area (Å²) in [6.07, 6.45) is 6.26. The van der Waals surface area contributed by atoms with Crippen molar-refractivity contribution in [2.75, 3.05) is 26.2 Å². The van der Waals surface area contributed by atoms with Crippen LogP contribution in [0.4, 0.5) is 0 Å². The highest BCUT2D eigenvalue weighted by atomic mass is 16.6. The molecular formula is C14H23N3O3. The predicted molar refractivity (Wildman–Crippen MR) is 73.9 cm³/mol. The standard InChI is InChI=1S/C14H23N3O3/c18-14(12-10-13(12)17(19)20)16-8-3-4-11(5-9-16)15-6-1-2-7-15/h11-13H,1-10H2/t11-,12-,13-/m1/s1. The minimum Gasteiger partial charge on any atom is -0.342 e. The summed E-state index contributed by atoms with van der Waals surface area (Å²) < 4.78 is 0. The van der Waals surface area contributed by atoms with Gasteiger partial charge in [-0.2, -0.15) is 0 Å². The SMILES string of the molecule is O=C([C@@H]1C[C@H]1[N+](=O)[O-])N1CCC[C@@H](N2CCCC2)CC1. The van der Waals surface area contributed by atoms with Crippen LogP contribution in [0.1, 0.15) is 38.5 Å². The number of nitrogens with zero attached hydrogens (tertiary/aromatic N) is 3. The Bertz CT molecular complexity index is 395. The van der Waals surface area contributed by atoms with Gasteiger partial charge in [-0.05, 0) is 45.2 Å². The van der Waals surface area contributed by atoms with Crippen molar-refractivity contribution in [3.05, 3.63) is 10.1 Å². The average Bonchev–Trinajstić information content (AvgIpc) is 3.14. The fraction of sp³-hybridized carbons (Fsp3) is 0.929. The zero-order valence-corrected chi connectivity index (χ0v) is 11.9. The fourth-order valence-electron chi connectivity index (χ4n) is 3.69. The molecule has 3 rings (SSSR count). The highest BCUT2D eigenvalue weighted by molar-refractivity contribution is 5.82. The first-order chi connectivity index (χ1) is 9.66. The van der Waals surface area contributed by atoms with Crippen molar-refractivity contribution in [1.29, 1.82) is 0 Å². The number of amides is 1. The van der Waals surface area contributed by atoms with Crippen LogP contribution >= 0.6 is 0 Å². The Morgan fingerprint density at radius 3 is 2.45 bits per heavy atom. The summed E-state index contributed by atoms with van der Waals surface area (Å²) in [4.78, 5) is 27.1. The number of carbonyl (C=O) groups is 1. The number of hydrogen-bond acceptors (Lipinski definition) is 4. The van der Waals surface area contributed by atoms with Crippen LogP contribution in [0.25, 0.3) is 0 Å². The van der Waals surface area contributed by atoms with Crippen molar-refractivity contribution in [3.63, 3.8) is 0 Å². The maximum absolute atomic E-state index is 12.3. The number of likely N-dealkylation sites (tertiary alicyclic amines) is 2. The zero-order chi connectivity index (χ0) is 14.1. The van der Waals surface area contributed by atoms with Crippen molar-refractivity contribution in [2.24, 2.45) is 5.92 Å². The Morgan fingerprint density at radius 2 is 1.80 bits per heavy atom. The summed E-state index contributed by atoms with van der Waals surface area (Å²) in [7, 11) is 0. The van der Waals surface area contributed by atoms with E-state index in [0.717, 1.165) is 32.4 Å². The number of nitro groups is 1. The van der Waals surface area contributed by atoms with Gasteiger partial charge in [-0.15, -0.1) is 0 Å². The first kappa shape index (κ1) is 13.8. The molecule has 0 spiro atoms. The molecule has 0 N–H and O–H groups in total. The summed E-state index contributed by atoms with van der Waals surface area (Å²) in [5, 5.41) is 10.7. The van der Waals surface area contributed by atoms with E-state index in [0.29, 0.717) is 12.5 Å². The van der Waals surface area contributed by atoms with E-state index >= 15 is 0 Å². The van der Waals surface area contributed by atoms with Gasteiger partial charge < -0.3 is 9.80 Å². The predicted octanol–water partition coefficient (Wildman–Crippen LogP) is 1.13. The van der Waals surface area contributed by atoms with Gasteiger partial charge in [0.2, 0.25) is 11.9 Å². The third kappa shape index (κ3) is 2.80. The zero-order valence-electron chi connectivity index (χ0n) is 11.9. The largest absolute Gasteiger partial charge is 0.342 e. The lowest BCUT2D eigenvalue weighted by atomic mass is 10.1. The third-order valence-electron chi connectivity index (χ3n) is 5.01. The number of hydrogen-bond donors (Lipinski definition) is 0. The molecule has 0 radical (unpaired) electrons. The van der Waals surface area contributed by atoms with Crippen LogP contribution in [0.3, 0.4) is 0 Å². The summed E-state index contributed by atoms with van der Waals surface area (Å²) in [6, 6.07) is 0.000877. The van der Waals surface area contributed by atoms with Crippen molar-refractivity contribution in [1.82, 2.24) is 9.80 Å². The maximum atomic E-state index is 12.3. The molecule has 6 heteroatoms. The molecule has 3 atom stereocenters. The quantitative estimate of drug-likeness (QED) is 0.574. The van der Waals surface area contributed by atoms with E-state index in [9.17, 15) is 14.9 Å². The van der Waals surface area contributed by atoms with Gasteiger partial charge in [-0.1, -0.05) is 0 Å². The smallest absolute Gasteiger partial charge is 0.232 e. The van der Waals surface area contributed by atoms with Gasteiger partial charge in [0.1, 0.15) is 5.92 Å².